The fraction of sp³-hybridized carbons (Fsp3) is 0.462. The number of nitrogens with one attached hydrogen (secondary N) is 2. The molecule has 0 aliphatic carbocycles. The molecule has 2 N–H and O–H groups in total. The molecule has 0 fully saturated rings. The first-order valence-corrected chi connectivity index (χ1v) is 6.25. The van der Waals surface area contributed by atoms with Crippen LogP contribution in [0, 0.1) is 0 Å². The Balaban J connectivity index is 2.37. The van der Waals surface area contributed by atoms with Gasteiger partial charge in [-0.2, -0.15) is 0 Å². The van der Waals surface area contributed by atoms with E-state index in [9.17, 15) is 4.79 Å². The van der Waals surface area contributed by atoms with Crippen molar-refractivity contribution in [3.63, 3.8) is 0 Å². The number of aromatic nitrogens is 3. The molecule has 0 unspecified atom stereocenters. The van der Waals surface area contributed by atoms with Gasteiger partial charge in [0.05, 0.1) is 11.8 Å². The number of fused-ring (bicyclic) bond motifs is 1. The number of amides is 1. The van der Waals surface area contributed by atoms with Crippen LogP contribution < -0.4 is 5.32 Å². The molecule has 2 aromatic heterocycles. The second kappa shape index (κ2) is 5.16. The molecule has 18 heavy (non-hydrogen) atoms. The van der Waals surface area contributed by atoms with E-state index in [0.29, 0.717) is 23.8 Å². The standard InChI is InChI=1S/C13H18N4O/c1-4-5-11(18)16-10-6-9(8(2)3)12-13(17-10)15-7-14-12/h6-8H,4-5H2,1-3H3,(H2,14,15,16,17,18). The molecule has 5 nitrogen and oxygen atoms in total. The lowest BCUT2D eigenvalue weighted by Crippen LogP contribution is -2.12. The number of hydrogen-bond donors (Lipinski definition) is 2. The van der Waals surface area contributed by atoms with Crippen molar-refractivity contribution in [1.82, 2.24) is 15.0 Å². The van der Waals surface area contributed by atoms with Crippen LogP contribution in [0.15, 0.2) is 12.4 Å². The molecule has 2 rings (SSSR count). The number of anilines is 1. The number of hydrogen-bond acceptors (Lipinski definition) is 3. The Morgan fingerprint density at radius 1 is 1.50 bits per heavy atom. The SMILES string of the molecule is CCCC(=O)Nc1cc(C(C)C)c2[nH]cnc2n1. The minimum absolute atomic E-state index is 0.00501. The van der Waals surface area contributed by atoms with Gasteiger partial charge in [0.2, 0.25) is 5.91 Å². The number of carbonyl (C=O) groups is 1. The summed E-state index contributed by atoms with van der Waals surface area (Å²) in [6.07, 6.45) is 2.96. The van der Waals surface area contributed by atoms with Crippen molar-refractivity contribution in [2.24, 2.45) is 0 Å². The monoisotopic (exact) mass is 246 g/mol. The normalized spacial score (nSPS) is 11.1. The van der Waals surface area contributed by atoms with E-state index in [0.717, 1.165) is 17.5 Å². The van der Waals surface area contributed by atoms with Crippen LogP contribution in [0.2, 0.25) is 0 Å². The van der Waals surface area contributed by atoms with Crippen LogP contribution in [0.1, 0.15) is 45.1 Å². The fourth-order valence-electron chi connectivity index (χ4n) is 1.90. The van der Waals surface area contributed by atoms with Crippen LogP contribution in [0.3, 0.4) is 0 Å². The van der Waals surface area contributed by atoms with Gasteiger partial charge >= 0.3 is 0 Å². The Morgan fingerprint density at radius 3 is 2.94 bits per heavy atom. The second-order valence-corrected chi connectivity index (χ2v) is 4.65. The Hall–Kier alpha value is -1.91. The first-order chi connectivity index (χ1) is 8.61. The minimum atomic E-state index is -0.00501. The lowest BCUT2D eigenvalue weighted by Gasteiger charge is -2.10. The van der Waals surface area contributed by atoms with Gasteiger partial charge in [-0.25, -0.2) is 9.97 Å². The Kier molecular flexibility index (Phi) is 3.60. The highest BCUT2D eigenvalue weighted by molar-refractivity contribution is 5.91. The largest absolute Gasteiger partial charge is 0.343 e. The van der Waals surface area contributed by atoms with E-state index in [2.05, 4.69) is 34.1 Å². The van der Waals surface area contributed by atoms with E-state index in [1.165, 1.54) is 0 Å². The summed E-state index contributed by atoms with van der Waals surface area (Å²) in [6, 6.07) is 1.92. The molecular weight excluding hydrogens is 228 g/mol. The number of H-pyrrole nitrogens is 1. The zero-order chi connectivity index (χ0) is 13.1. The van der Waals surface area contributed by atoms with Gasteiger partial charge in [-0.05, 0) is 24.0 Å². The fourth-order valence-corrected chi connectivity index (χ4v) is 1.90. The molecule has 0 aliphatic rings. The van der Waals surface area contributed by atoms with E-state index >= 15 is 0 Å². The Morgan fingerprint density at radius 2 is 2.28 bits per heavy atom. The van der Waals surface area contributed by atoms with Crippen LogP contribution in [-0.2, 0) is 4.79 Å². The number of nitrogens with zero attached hydrogens (tertiary/aromatic N) is 2. The second-order valence-electron chi connectivity index (χ2n) is 4.65. The van der Waals surface area contributed by atoms with Crippen molar-refractivity contribution in [2.75, 3.05) is 5.32 Å². The minimum Gasteiger partial charge on any atom is -0.343 e. The average molecular weight is 246 g/mol. The maximum absolute atomic E-state index is 11.6. The van der Waals surface area contributed by atoms with E-state index < -0.39 is 0 Å². The first kappa shape index (κ1) is 12.5. The van der Waals surface area contributed by atoms with Gasteiger partial charge in [0.15, 0.2) is 5.65 Å². The molecule has 0 radical (unpaired) electrons. The molecule has 0 saturated heterocycles. The number of pyridine rings is 1. The van der Waals surface area contributed by atoms with E-state index in [1.54, 1.807) is 6.33 Å². The molecule has 2 heterocycles. The van der Waals surface area contributed by atoms with Crippen molar-refractivity contribution in [3.8, 4) is 0 Å². The average Bonchev–Trinajstić information content (AvgIpc) is 2.75. The van der Waals surface area contributed by atoms with Crippen LogP contribution in [0.25, 0.3) is 11.2 Å². The van der Waals surface area contributed by atoms with Crippen molar-refractivity contribution in [1.29, 1.82) is 0 Å². The third kappa shape index (κ3) is 2.50. The molecule has 0 aromatic carbocycles. The van der Waals surface area contributed by atoms with Crippen molar-refractivity contribution >= 4 is 22.9 Å². The Bertz CT molecular complexity index is 559. The predicted octanol–water partition coefficient (Wildman–Crippen LogP) is 2.82. The number of imidazole rings is 1. The molecule has 0 spiro atoms. The number of rotatable bonds is 4. The van der Waals surface area contributed by atoms with Gasteiger partial charge in [0.25, 0.3) is 0 Å². The molecule has 2 aromatic rings. The summed E-state index contributed by atoms with van der Waals surface area (Å²) in [5, 5.41) is 2.82. The predicted molar refractivity (Wildman–Crippen MR) is 71.5 cm³/mol. The molecule has 0 aliphatic heterocycles. The molecule has 96 valence electrons. The lowest BCUT2D eigenvalue weighted by molar-refractivity contribution is -0.116. The van der Waals surface area contributed by atoms with Crippen molar-refractivity contribution in [3.05, 3.63) is 18.0 Å². The molecule has 1 amide bonds. The molecule has 0 saturated carbocycles. The number of carbonyl (C=O) groups excluding carboxylic acids is 1. The smallest absolute Gasteiger partial charge is 0.225 e. The summed E-state index contributed by atoms with van der Waals surface area (Å²) in [6.45, 7) is 6.18. The van der Waals surface area contributed by atoms with Gasteiger partial charge in [-0.1, -0.05) is 20.8 Å². The van der Waals surface area contributed by atoms with Gasteiger partial charge in [-0.3, -0.25) is 4.79 Å². The molecular formula is C13H18N4O. The van der Waals surface area contributed by atoms with Gasteiger partial charge in [0, 0.05) is 6.42 Å². The molecule has 0 atom stereocenters. The van der Waals surface area contributed by atoms with E-state index in [-0.39, 0.29) is 5.91 Å². The zero-order valence-electron chi connectivity index (χ0n) is 10.9. The lowest BCUT2D eigenvalue weighted by atomic mass is 10.0. The molecule has 0 bridgehead atoms. The van der Waals surface area contributed by atoms with Gasteiger partial charge in [0.1, 0.15) is 5.82 Å². The van der Waals surface area contributed by atoms with Crippen LogP contribution >= 0.6 is 0 Å². The highest BCUT2D eigenvalue weighted by Crippen LogP contribution is 2.24. The van der Waals surface area contributed by atoms with E-state index in [4.69, 9.17) is 0 Å². The Labute approximate surface area is 106 Å². The van der Waals surface area contributed by atoms with Gasteiger partial charge in [-0.15, -0.1) is 0 Å². The third-order valence-corrected chi connectivity index (χ3v) is 2.79. The van der Waals surface area contributed by atoms with Crippen molar-refractivity contribution < 1.29 is 4.79 Å². The summed E-state index contributed by atoms with van der Waals surface area (Å²) < 4.78 is 0. The highest BCUT2D eigenvalue weighted by Gasteiger charge is 2.12. The summed E-state index contributed by atoms with van der Waals surface area (Å²) in [4.78, 5) is 23.2. The molecule has 5 heteroatoms. The summed E-state index contributed by atoms with van der Waals surface area (Å²) in [5.41, 5.74) is 2.70. The van der Waals surface area contributed by atoms with Crippen LogP contribution in [0.5, 0.6) is 0 Å². The van der Waals surface area contributed by atoms with E-state index in [1.807, 2.05) is 13.0 Å². The highest BCUT2D eigenvalue weighted by atomic mass is 16.1. The maximum Gasteiger partial charge on any atom is 0.225 e. The van der Waals surface area contributed by atoms with Crippen LogP contribution in [-0.4, -0.2) is 20.9 Å². The topological polar surface area (TPSA) is 70.7 Å². The number of aromatic amines is 1. The van der Waals surface area contributed by atoms with Gasteiger partial charge < -0.3 is 10.3 Å². The quantitative estimate of drug-likeness (QED) is 0.871. The summed E-state index contributed by atoms with van der Waals surface area (Å²) in [5.74, 6) is 0.920. The van der Waals surface area contributed by atoms with Crippen LogP contribution in [0.4, 0.5) is 5.82 Å². The first-order valence-electron chi connectivity index (χ1n) is 6.25. The summed E-state index contributed by atoms with van der Waals surface area (Å²) in [7, 11) is 0. The zero-order valence-corrected chi connectivity index (χ0v) is 10.9. The maximum atomic E-state index is 11.6. The third-order valence-electron chi connectivity index (χ3n) is 2.79. The summed E-state index contributed by atoms with van der Waals surface area (Å²) >= 11 is 0. The van der Waals surface area contributed by atoms with Crippen molar-refractivity contribution in [2.45, 2.75) is 39.5 Å².